The molecule has 8 N–H and O–H groups in total. The molecule has 0 heterocycles. The first-order valence-corrected chi connectivity index (χ1v) is 22.6. The molecule has 2 aromatic carbocycles. The summed E-state index contributed by atoms with van der Waals surface area (Å²) >= 11 is 0. The van der Waals surface area contributed by atoms with E-state index in [9.17, 15) is 25.9 Å². The summed E-state index contributed by atoms with van der Waals surface area (Å²) in [5.74, 6) is 0. The number of hydrogen-bond acceptors (Lipinski definition) is 10. The molecule has 0 amide bonds. The molecule has 0 bridgehead atoms. The summed E-state index contributed by atoms with van der Waals surface area (Å²) in [5, 5.41) is 0. The Morgan fingerprint density at radius 2 is 0.604 bits per heavy atom. The van der Waals surface area contributed by atoms with Crippen molar-refractivity contribution in [2.24, 2.45) is 22.9 Å². The van der Waals surface area contributed by atoms with Gasteiger partial charge in [-0.15, -0.1) is 0 Å². The van der Waals surface area contributed by atoms with Gasteiger partial charge in [-0.1, -0.05) is 154 Å². The maximum atomic E-state index is 10.8. The third-order valence-electron chi connectivity index (χ3n) is 8.40. The predicted octanol–water partition coefficient (Wildman–Crippen LogP) is 7.91. The van der Waals surface area contributed by atoms with Crippen molar-refractivity contribution < 1.29 is 43.0 Å². The Morgan fingerprint density at radius 1 is 0.396 bits per heavy atom. The van der Waals surface area contributed by atoms with Crippen LogP contribution in [-0.4, -0.2) is 52.1 Å². The van der Waals surface area contributed by atoms with Gasteiger partial charge in [-0.25, -0.2) is 16.8 Å². The van der Waals surface area contributed by atoms with Crippen LogP contribution in [0, 0.1) is 0 Å². The summed E-state index contributed by atoms with van der Waals surface area (Å²) in [6, 6.07) is 12.6. The van der Waals surface area contributed by atoms with E-state index in [1.165, 1.54) is 140 Å². The number of aryl methyl sites for hydroxylation is 2. The SMILES string of the molecule is CCCCCCCCCCCCc1ccc(S(=O)(=O)[O-])cc1.CCCCCCCCCCCCc1ccc(S(=O)(=O)[O-])cc1.NCCN.NCCN.[Cu+2]. The van der Waals surface area contributed by atoms with Gasteiger partial charge in [0.15, 0.2) is 0 Å². The zero-order valence-corrected chi connectivity index (χ0v) is 35.5. The largest absolute Gasteiger partial charge is 2.00 e. The van der Waals surface area contributed by atoms with Gasteiger partial charge in [-0.3, -0.25) is 0 Å². The molecule has 53 heavy (non-hydrogen) atoms. The van der Waals surface area contributed by atoms with Gasteiger partial charge in [0.25, 0.3) is 0 Å². The van der Waals surface area contributed by atoms with Gasteiger partial charge in [0.05, 0.1) is 9.79 Å². The molecule has 0 saturated heterocycles. The number of benzene rings is 2. The molecule has 313 valence electrons. The van der Waals surface area contributed by atoms with Crippen molar-refractivity contribution in [2.75, 3.05) is 26.2 Å². The summed E-state index contributed by atoms with van der Waals surface area (Å²) in [6.07, 6.45) is 28.1. The third-order valence-corrected chi connectivity index (χ3v) is 10.1. The van der Waals surface area contributed by atoms with Crippen LogP contribution in [0.4, 0.5) is 0 Å². The van der Waals surface area contributed by atoms with Crippen molar-refractivity contribution >= 4 is 20.2 Å². The molecule has 0 atom stereocenters. The Hall–Kier alpha value is -1.38. The maximum Gasteiger partial charge on any atom is 2.00 e. The number of hydrogen-bond donors (Lipinski definition) is 4. The topological polar surface area (TPSA) is 218 Å². The van der Waals surface area contributed by atoms with Crippen LogP contribution in [0.15, 0.2) is 58.3 Å². The fraction of sp³-hybridized carbons (Fsp3) is 0.700. The van der Waals surface area contributed by atoms with Gasteiger partial charge in [0, 0.05) is 26.2 Å². The standard InChI is InChI=1S/2C18H30O3S.2C2H8N2.Cu/c2*1-2-3-4-5-6-7-8-9-10-11-12-17-13-15-18(16-14-17)22(19,20)21;2*3-1-2-4;/h2*13-16H,2-12H2,1H3,(H,19,20,21);2*1-4H2;/q;;;;+2/p-2. The monoisotopic (exact) mass is 833 g/mol. The van der Waals surface area contributed by atoms with Gasteiger partial charge < -0.3 is 32.0 Å². The molecule has 0 spiro atoms. The normalized spacial score (nSPS) is 10.9. The smallest absolute Gasteiger partial charge is 0.744 e. The summed E-state index contributed by atoms with van der Waals surface area (Å²) in [6.45, 7) is 6.88. The number of nitrogens with two attached hydrogens (primary N) is 4. The molecular weight excluding hydrogens is 760 g/mol. The average molecular weight is 835 g/mol. The van der Waals surface area contributed by atoms with Gasteiger partial charge in [-0.2, -0.15) is 0 Å². The zero-order chi connectivity index (χ0) is 39.4. The Morgan fingerprint density at radius 3 is 0.792 bits per heavy atom. The van der Waals surface area contributed by atoms with Gasteiger partial charge in [0.1, 0.15) is 20.2 Å². The molecule has 0 aliphatic heterocycles. The van der Waals surface area contributed by atoms with Crippen LogP contribution in [0.3, 0.4) is 0 Å². The quantitative estimate of drug-likeness (QED) is 0.0408. The Kier molecular flexibility index (Phi) is 41.0. The van der Waals surface area contributed by atoms with E-state index in [2.05, 4.69) is 13.8 Å². The van der Waals surface area contributed by atoms with Crippen molar-refractivity contribution in [2.45, 2.75) is 165 Å². The van der Waals surface area contributed by atoms with Gasteiger partial charge >= 0.3 is 17.1 Å². The number of unbranched alkanes of at least 4 members (excludes halogenated alkanes) is 18. The minimum Gasteiger partial charge on any atom is -0.744 e. The minimum absolute atomic E-state index is 0. The second-order valence-electron chi connectivity index (χ2n) is 13.2. The minimum atomic E-state index is -4.31. The van der Waals surface area contributed by atoms with Crippen LogP contribution < -0.4 is 22.9 Å². The van der Waals surface area contributed by atoms with Crippen molar-refractivity contribution in [3.8, 4) is 0 Å². The fourth-order valence-corrected chi connectivity index (χ4v) is 6.22. The predicted molar refractivity (Wildman–Crippen MR) is 216 cm³/mol. The van der Waals surface area contributed by atoms with E-state index in [4.69, 9.17) is 22.9 Å². The van der Waals surface area contributed by atoms with Crippen LogP contribution in [0.2, 0.25) is 0 Å². The summed E-state index contributed by atoms with van der Waals surface area (Å²) in [7, 11) is -8.63. The van der Waals surface area contributed by atoms with Crippen molar-refractivity contribution in [3.05, 3.63) is 59.7 Å². The van der Waals surface area contributed by atoms with E-state index >= 15 is 0 Å². The first-order chi connectivity index (χ1) is 24.9. The first-order valence-electron chi connectivity index (χ1n) is 19.8. The van der Waals surface area contributed by atoms with E-state index in [1.807, 2.05) is 0 Å². The second-order valence-corrected chi connectivity index (χ2v) is 16.0. The van der Waals surface area contributed by atoms with E-state index in [-0.39, 0.29) is 26.9 Å². The molecule has 0 saturated carbocycles. The van der Waals surface area contributed by atoms with E-state index in [0.717, 1.165) is 36.8 Å². The van der Waals surface area contributed by atoms with Crippen LogP contribution in [0.25, 0.3) is 0 Å². The molecule has 0 aromatic heterocycles. The summed E-state index contributed by atoms with van der Waals surface area (Å²) < 4.78 is 65.0. The summed E-state index contributed by atoms with van der Waals surface area (Å²) in [5.41, 5.74) is 21.8. The second kappa shape index (κ2) is 38.9. The zero-order valence-electron chi connectivity index (χ0n) is 32.9. The molecule has 0 fully saturated rings. The third kappa shape index (κ3) is 37.3. The average Bonchev–Trinajstić information content (AvgIpc) is 3.13. The fourth-order valence-electron chi connectivity index (χ4n) is 5.28. The van der Waals surface area contributed by atoms with E-state index < -0.39 is 20.2 Å². The number of rotatable bonds is 26. The van der Waals surface area contributed by atoms with Crippen LogP contribution in [0.5, 0.6) is 0 Å². The first kappa shape index (κ1) is 56.0. The van der Waals surface area contributed by atoms with Crippen molar-refractivity contribution in [1.82, 2.24) is 0 Å². The summed E-state index contributed by atoms with van der Waals surface area (Å²) in [4.78, 5) is -0.279. The van der Waals surface area contributed by atoms with Crippen molar-refractivity contribution in [3.63, 3.8) is 0 Å². The molecule has 0 aliphatic carbocycles. The Bertz CT molecular complexity index is 1160. The molecule has 2 aromatic rings. The molecule has 10 nitrogen and oxygen atoms in total. The molecular formula is C40H74CuN4O6S2. The molecule has 0 unspecified atom stereocenters. The molecule has 2 rings (SSSR count). The molecule has 13 heteroatoms. The molecule has 0 aliphatic rings. The van der Waals surface area contributed by atoms with E-state index in [1.54, 1.807) is 24.3 Å². The molecule has 1 radical (unpaired) electrons. The van der Waals surface area contributed by atoms with Crippen molar-refractivity contribution in [1.29, 1.82) is 0 Å². The van der Waals surface area contributed by atoms with Gasteiger partial charge in [-0.05, 0) is 61.1 Å². The van der Waals surface area contributed by atoms with Gasteiger partial charge in [0.2, 0.25) is 0 Å². The van der Waals surface area contributed by atoms with Crippen LogP contribution in [-0.2, 0) is 50.1 Å². The van der Waals surface area contributed by atoms with Crippen LogP contribution >= 0.6 is 0 Å². The van der Waals surface area contributed by atoms with E-state index in [0.29, 0.717) is 26.2 Å². The van der Waals surface area contributed by atoms with Crippen LogP contribution in [0.1, 0.15) is 153 Å². The Balaban J connectivity index is -0.000000771. The maximum absolute atomic E-state index is 10.8. The Labute approximate surface area is 335 Å².